The molecule has 0 aliphatic rings. The van der Waals surface area contributed by atoms with E-state index < -0.39 is 0 Å². The molecule has 2 rings (SSSR count). The second-order valence-electron chi connectivity index (χ2n) is 4.11. The van der Waals surface area contributed by atoms with Gasteiger partial charge in [0.05, 0.1) is 6.54 Å². The van der Waals surface area contributed by atoms with E-state index in [1.54, 1.807) is 0 Å². The zero-order valence-corrected chi connectivity index (χ0v) is 10.7. The first-order chi connectivity index (χ1) is 8.10. The SMILES string of the molecule is CCC(=O)NCc1cc2cc(Cl)c(C)cc2[nH]1. The van der Waals surface area contributed by atoms with Gasteiger partial charge < -0.3 is 10.3 Å². The minimum Gasteiger partial charge on any atom is -0.357 e. The Kier molecular flexibility index (Phi) is 3.38. The van der Waals surface area contributed by atoms with Gasteiger partial charge in [-0.3, -0.25) is 4.79 Å². The molecular formula is C13H15ClN2O. The van der Waals surface area contributed by atoms with Crippen molar-refractivity contribution in [2.24, 2.45) is 0 Å². The molecule has 1 amide bonds. The van der Waals surface area contributed by atoms with Crippen LogP contribution < -0.4 is 5.32 Å². The number of rotatable bonds is 3. The summed E-state index contributed by atoms with van der Waals surface area (Å²) in [5.41, 5.74) is 3.08. The lowest BCUT2D eigenvalue weighted by atomic mass is 10.2. The number of hydrogen-bond acceptors (Lipinski definition) is 1. The summed E-state index contributed by atoms with van der Waals surface area (Å²) < 4.78 is 0. The minimum atomic E-state index is 0.0536. The summed E-state index contributed by atoms with van der Waals surface area (Å²) in [7, 11) is 0. The van der Waals surface area contributed by atoms with Gasteiger partial charge in [0, 0.05) is 28.0 Å². The smallest absolute Gasteiger partial charge is 0.220 e. The number of fused-ring (bicyclic) bond motifs is 1. The Balaban J connectivity index is 2.23. The molecule has 0 unspecified atom stereocenters. The quantitative estimate of drug-likeness (QED) is 0.864. The number of aromatic nitrogens is 1. The van der Waals surface area contributed by atoms with Crippen LogP contribution in [0.25, 0.3) is 10.9 Å². The highest BCUT2D eigenvalue weighted by Crippen LogP contribution is 2.23. The van der Waals surface area contributed by atoms with Crippen LogP contribution in [0.4, 0.5) is 0 Å². The molecule has 0 aliphatic carbocycles. The molecule has 0 bridgehead atoms. The Morgan fingerprint density at radius 3 is 2.88 bits per heavy atom. The van der Waals surface area contributed by atoms with Gasteiger partial charge in [-0.05, 0) is 30.7 Å². The maximum Gasteiger partial charge on any atom is 0.220 e. The van der Waals surface area contributed by atoms with Crippen LogP contribution in [0.15, 0.2) is 18.2 Å². The standard InChI is InChI=1S/C13H15ClN2O/c1-3-13(17)15-7-10-5-9-6-11(14)8(2)4-12(9)16-10/h4-6,16H,3,7H2,1-2H3,(H,15,17). The lowest BCUT2D eigenvalue weighted by Crippen LogP contribution is -2.21. The predicted molar refractivity (Wildman–Crippen MR) is 70.2 cm³/mol. The zero-order valence-electron chi connectivity index (χ0n) is 9.93. The molecule has 17 heavy (non-hydrogen) atoms. The van der Waals surface area contributed by atoms with Crippen molar-refractivity contribution in [3.63, 3.8) is 0 Å². The molecule has 0 atom stereocenters. The number of benzene rings is 1. The number of carbonyl (C=O) groups excluding carboxylic acids is 1. The van der Waals surface area contributed by atoms with Crippen molar-refractivity contribution in [2.45, 2.75) is 26.8 Å². The van der Waals surface area contributed by atoms with Gasteiger partial charge in [-0.1, -0.05) is 18.5 Å². The Labute approximate surface area is 105 Å². The number of halogens is 1. The molecule has 1 heterocycles. The Morgan fingerprint density at radius 1 is 1.41 bits per heavy atom. The topological polar surface area (TPSA) is 44.9 Å². The van der Waals surface area contributed by atoms with Crippen LogP contribution in [0.3, 0.4) is 0 Å². The molecule has 0 saturated heterocycles. The molecular weight excluding hydrogens is 236 g/mol. The van der Waals surface area contributed by atoms with E-state index >= 15 is 0 Å². The fourth-order valence-corrected chi connectivity index (χ4v) is 1.91. The molecule has 4 heteroatoms. The average Bonchev–Trinajstić information content (AvgIpc) is 2.68. The third-order valence-corrected chi connectivity index (χ3v) is 3.16. The molecule has 0 spiro atoms. The van der Waals surface area contributed by atoms with Crippen LogP contribution in [-0.2, 0) is 11.3 Å². The predicted octanol–water partition coefficient (Wildman–Crippen LogP) is 3.16. The van der Waals surface area contributed by atoms with Crippen molar-refractivity contribution in [1.82, 2.24) is 10.3 Å². The van der Waals surface area contributed by atoms with Crippen molar-refractivity contribution >= 4 is 28.4 Å². The second-order valence-corrected chi connectivity index (χ2v) is 4.52. The normalized spacial score (nSPS) is 10.8. The monoisotopic (exact) mass is 250 g/mol. The van der Waals surface area contributed by atoms with E-state index in [0.717, 1.165) is 27.2 Å². The van der Waals surface area contributed by atoms with Crippen LogP contribution in [-0.4, -0.2) is 10.9 Å². The lowest BCUT2D eigenvalue weighted by molar-refractivity contribution is -0.120. The fraction of sp³-hybridized carbons (Fsp3) is 0.308. The molecule has 0 saturated carbocycles. The van der Waals surface area contributed by atoms with E-state index in [9.17, 15) is 4.79 Å². The van der Waals surface area contributed by atoms with Crippen molar-refractivity contribution < 1.29 is 4.79 Å². The number of amides is 1. The molecule has 0 fully saturated rings. The van der Waals surface area contributed by atoms with Gasteiger partial charge in [0.1, 0.15) is 0 Å². The van der Waals surface area contributed by atoms with Gasteiger partial charge in [-0.15, -0.1) is 0 Å². The van der Waals surface area contributed by atoms with Gasteiger partial charge in [-0.25, -0.2) is 0 Å². The summed E-state index contributed by atoms with van der Waals surface area (Å²) in [5.74, 6) is 0.0536. The Hall–Kier alpha value is -1.48. The molecule has 1 aromatic heterocycles. The molecule has 0 radical (unpaired) electrons. The van der Waals surface area contributed by atoms with Crippen molar-refractivity contribution in [1.29, 1.82) is 0 Å². The highest BCUT2D eigenvalue weighted by molar-refractivity contribution is 6.32. The van der Waals surface area contributed by atoms with Gasteiger partial charge >= 0.3 is 0 Å². The van der Waals surface area contributed by atoms with E-state index in [2.05, 4.69) is 10.3 Å². The lowest BCUT2D eigenvalue weighted by Gasteiger charge is -2.00. The average molecular weight is 251 g/mol. The van der Waals surface area contributed by atoms with Crippen LogP contribution >= 0.6 is 11.6 Å². The van der Waals surface area contributed by atoms with E-state index in [4.69, 9.17) is 11.6 Å². The number of aryl methyl sites for hydroxylation is 1. The molecule has 2 N–H and O–H groups in total. The summed E-state index contributed by atoms with van der Waals surface area (Å²) >= 11 is 6.06. The Bertz CT molecular complexity index is 521. The van der Waals surface area contributed by atoms with Gasteiger partial charge in [0.2, 0.25) is 5.91 Å². The highest BCUT2D eigenvalue weighted by atomic mass is 35.5. The molecule has 3 nitrogen and oxygen atoms in total. The van der Waals surface area contributed by atoms with Crippen molar-refractivity contribution in [3.05, 3.63) is 34.5 Å². The first-order valence-corrected chi connectivity index (χ1v) is 6.02. The van der Waals surface area contributed by atoms with Crippen LogP contribution in [0.1, 0.15) is 24.6 Å². The second kappa shape index (κ2) is 4.80. The molecule has 1 aromatic carbocycles. The summed E-state index contributed by atoms with van der Waals surface area (Å²) in [6.45, 7) is 4.34. The first-order valence-electron chi connectivity index (χ1n) is 5.64. The van der Waals surface area contributed by atoms with Crippen LogP contribution in [0, 0.1) is 6.92 Å². The van der Waals surface area contributed by atoms with Crippen LogP contribution in [0.2, 0.25) is 5.02 Å². The third-order valence-electron chi connectivity index (χ3n) is 2.75. The van der Waals surface area contributed by atoms with Gasteiger partial charge in [-0.2, -0.15) is 0 Å². The summed E-state index contributed by atoms with van der Waals surface area (Å²) in [6, 6.07) is 5.97. The highest BCUT2D eigenvalue weighted by Gasteiger charge is 2.04. The largest absolute Gasteiger partial charge is 0.357 e. The molecule has 2 aromatic rings. The van der Waals surface area contributed by atoms with E-state index in [1.807, 2.05) is 32.0 Å². The number of aromatic amines is 1. The van der Waals surface area contributed by atoms with Crippen molar-refractivity contribution in [2.75, 3.05) is 0 Å². The van der Waals surface area contributed by atoms with E-state index in [-0.39, 0.29) is 5.91 Å². The maximum absolute atomic E-state index is 11.2. The van der Waals surface area contributed by atoms with Gasteiger partial charge in [0.25, 0.3) is 0 Å². The number of nitrogens with one attached hydrogen (secondary N) is 2. The number of hydrogen-bond donors (Lipinski definition) is 2. The van der Waals surface area contributed by atoms with E-state index in [1.165, 1.54) is 0 Å². The fourth-order valence-electron chi connectivity index (χ4n) is 1.74. The van der Waals surface area contributed by atoms with E-state index in [0.29, 0.717) is 13.0 Å². The van der Waals surface area contributed by atoms with Crippen LogP contribution in [0.5, 0.6) is 0 Å². The zero-order chi connectivity index (χ0) is 12.4. The molecule has 90 valence electrons. The summed E-state index contributed by atoms with van der Waals surface area (Å²) in [5, 5.41) is 4.67. The first kappa shape index (κ1) is 12.0. The maximum atomic E-state index is 11.2. The molecule has 0 aliphatic heterocycles. The van der Waals surface area contributed by atoms with Crippen molar-refractivity contribution in [3.8, 4) is 0 Å². The van der Waals surface area contributed by atoms with Gasteiger partial charge in [0.15, 0.2) is 0 Å². The Morgan fingerprint density at radius 2 is 2.18 bits per heavy atom. The third kappa shape index (κ3) is 2.61. The number of carbonyl (C=O) groups is 1. The summed E-state index contributed by atoms with van der Waals surface area (Å²) in [4.78, 5) is 14.4. The minimum absolute atomic E-state index is 0.0536. The number of H-pyrrole nitrogens is 1. The summed E-state index contributed by atoms with van der Waals surface area (Å²) in [6.07, 6.45) is 0.505.